The molecule has 0 amide bonds. The molecule has 16 aromatic rings. The van der Waals surface area contributed by atoms with Crippen molar-refractivity contribution in [2.75, 3.05) is 0 Å². The van der Waals surface area contributed by atoms with E-state index in [1.165, 1.54) is 138 Å². The maximum Gasteiger partial charge on any atom is 0.259 e. The zero-order valence-electron chi connectivity index (χ0n) is 69.9. The summed E-state index contributed by atoms with van der Waals surface area (Å²) in [4.78, 5) is 0. The van der Waals surface area contributed by atoms with Crippen molar-refractivity contribution in [3.8, 4) is 61.5 Å². The van der Waals surface area contributed by atoms with E-state index in [1.54, 1.807) is 42.2 Å². The number of pyridine rings is 4. The summed E-state index contributed by atoms with van der Waals surface area (Å²) < 4.78 is 112. The second-order valence-corrected chi connectivity index (χ2v) is 29.9. The summed E-state index contributed by atoms with van der Waals surface area (Å²) in [5, 5.41) is 3.49. The first-order chi connectivity index (χ1) is 53.1. The van der Waals surface area contributed by atoms with Gasteiger partial charge in [-0.2, -0.15) is 13.7 Å². The van der Waals surface area contributed by atoms with Crippen LogP contribution in [0.3, 0.4) is 0 Å². The molecular formula is C93H83N5OS+4. The summed E-state index contributed by atoms with van der Waals surface area (Å²) in [6.45, 7) is 4.69. The van der Waals surface area contributed by atoms with E-state index in [2.05, 4.69) is 180 Å². The SMILES string of the molecule is [2H]C([2H])([2H])c1cc2c([n+](C)c1)-c1c(cc3c(c1C)-c1ccccc1C3)C2(C)C.[2H]C([2H])([2H])c1cc2c(c3c(C)c4c(cc3n2-c2ccccc2)Cc2ccccc2-4)[n+](C)c1.[2H]C([2H])([2H])c1cc2oc3cc4c(c(C)c3c2[n+](C)c1)-c1ccccc1C4.[2H]C([2H])([2H])c1cc2sc3cc4c(c(C)c3c2[n+](C)c1)-c1ccccc1C4. The van der Waals surface area contributed by atoms with Gasteiger partial charge in [-0.3, -0.25) is 0 Å². The Balaban J connectivity index is 0.000000105. The highest BCUT2D eigenvalue weighted by Gasteiger charge is 2.44. The van der Waals surface area contributed by atoms with Crippen LogP contribution in [0.5, 0.6) is 0 Å². The molecule has 5 aliphatic carbocycles. The molecule has 0 fully saturated rings. The molecule has 5 aliphatic rings. The van der Waals surface area contributed by atoms with Crippen molar-refractivity contribution in [2.45, 2.75) is 100 Å². The number of para-hydroxylation sites is 1. The Morgan fingerprint density at radius 1 is 0.380 bits per heavy atom. The third-order valence-electron chi connectivity index (χ3n) is 22.3. The average Bonchev–Trinajstić information content (AvgIpc) is 1.56. The third kappa shape index (κ3) is 9.26. The van der Waals surface area contributed by atoms with Crippen molar-refractivity contribution in [1.29, 1.82) is 0 Å². The van der Waals surface area contributed by atoms with Crippen molar-refractivity contribution < 1.29 is 39.1 Å². The molecule has 0 aliphatic heterocycles. The molecular weight excluding hydrogens is 1240 g/mol. The third-order valence-corrected chi connectivity index (χ3v) is 23.4. The smallest absolute Gasteiger partial charge is 0.259 e. The first-order valence-corrected chi connectivity index (χ1v) is 35.3. The van der Waals surface area contributed by atoms with Crippen molar-refractivity contribution in [3.63, 3.8) is 0 Å². The zero-order chi connectivity index (χ0) is 78.6. The number of furan rings is 1. The normalized spacial score (nSPS) is 15.7. The molecule has 7 heterocycles. The first kappa shape index (κ1) is 49.8. The van der Waals surface area contributed by atoms with Crippen LogP contribution in [0.1, 0.15) is 130 Å². The molecule has 0 atom stereocenters. The molecule has 9 aromatic carbocycles. The number of hydrogen-bond acceptors (Lipinski definition) is 2. The molecule has 7 heteroatoms. The molecule has 0 saturated carbocycles. The second-order valence-electron chi connectivity index (χ2n) is 28.8. The Bertz CT molecular complexity index is 6570. The largest absolute Gasteiger partial charge is 0.449 e. The van der Waals surface area contributed by atoms with Gasteiger partial charge in [0.15, 0.2) is 30.4 Å². The topological polar surface area (TPSA) is 33.6 Å². The van der Waals surface area contributed by atoms with E-state index in [4.69, 9.17) is 20.9 Å². The van der Waals surface area contributed by atoms with E-state index in [0.29, 0.717) is 27.8 Å². The Kier molecular flexibility index (Phi) is 11.3. The van der Waals surface area contributed by atoms with Gasteiger partial charge in [-0.05, 0) is 252 Å². The van der Waals surface area contributed by atoms with E-state index in [0.717, 1.165) is 85.9 Å². The quantitative estimate of drug-likeness (QED) is 0.151. The maximum atomic E-state index is 8.00. The monoisotopic (exact) mass is 1330 g/mol. The Labute approximate surface area is 606 Å². The van der Waals surface area contributed by atoms with Crippen LogP contribution in [-0.2, 0) is 59.3 Å². The van der Waals surface area contributed by atoms with Crippen LogP contribution >= 0.6 is 11.3 Å². The van der Waals surface area contributed by atoms with Crippen molar-refractivity contribution in [2.24, 2.45) is 28.2 Å². The van der Waals surface area contributed by atoms with Crippen LogP contribution in [0.4, 0.5) is 0 Å². The van der Waals surface area contributed by atoms with Crippen LogP contribution in [0.15, 0.2) is 205 Å². The van der Waals surface area contributed by atoms with E-state index < -0.39 is 27.4 Å². The van der Waals surface area contributed by atoms with Gasteiger partial charge in [-0.15, -0.1) is 11.3 Å². The van der Waals surface area contributed by atoms with E-state index in [-0.39, 0.29) is 5.41 Å². The number of aromatic nitrogens is 5. The van der Waals surface area contributed by atoms with Crippen molar-refractivity contribution >= 4 is 75.6 Å². The molecule has 100 heavy (non-hydrogen) atoms. The van der Waals surface area contributed by atoms with Crippen LogP contribution in [0, 0.1) is 55.1 Å². The van der Waals surface area contributed by atoms with Gasteiger partial charge in [0.25, 0.3) is 5.52 Å². The number of hydrogen-bond donors (Lipinski definition) is 0. The fraction of sp³-hybridized carbons (Fsp3) is 0.204. The fourth-order valence-electron chi connectivity index (χ4n) is 18.2. The van der Waals surface area contributed by atoms with Gasteiger partial charge in [-0.25, -0.2) is 4.57 Å². The predicted octanol–water partition coefficient (Wildman–Crippen LogP) is 20.5. The van der Waals surface area contributed by atoms with Gasteiger partial charge in [0.05, 0.1) is 27.2 Å². The maximum absolute atomic E-state index is 8.00. The minimum Gasteiger partial charge on any atom is -0.449 e. The number of benzene rings is 9. The predicted molar refractivity (Wildman–Crippen MR) is 413 cm³/mol. The highest BCUT2D eigenvalue weighted by Crippen LogP contribution is 2.54. The minimum atomic E-state index is -2.17. The molecule has 0 unspecified atom stereocenters. The van der Waals surface area contributed by atoms with Crippen LogP contribution in [-0.4, -0.2) is 4.57 Å². The lowest BCUT2D eigenvalue weighted by atomic mass is 9.80. The summed E-state index contributed by atoms with van der Waals surface area (Å²) >= 11 is 1.69. The number of aryl methyl sites for hydroxylation is 11. The Morgan fingerprint density at radius 3 is 1.43 bits per heavy atom. The van der Waals surface area contributed by atoms with E-state index in [1.807, 2.05) is 82.9 Å². The van der Waals surface area contributed by atoms with Crippen molar-refractivity contribution in [3.05, 3.63) is 301 Å². The molecule has 21 rings (SSSR count). The van der Waals surface area contributed by atoms with E-state index >= 15 is 0 Å². The summed E-state index contributed by atoms with van der Waals surface area (Å²) in [5.41, 5.74) is 40.2. The molecule has 7 aromatic heterocycles. The lowest BCUT2D eigenvalue weighted by molar-refractivity contribution is -0.660. The number of rotatable bonds is 1. The zero-order valence-corrected chi connectivity index (χ0v) is 58.8. The van der Waals surface area contributed by atoms with E-state index in [9.17, 15) is 0 Å². The molecule has 0 spiro atoms. The summed E-state index contributed by atoms with van der Waals surface area (Å²) in [6.07, 6.45) is 10.7. The molecule has 6 nitrogen and oxygen atoms in total. The summed E-state index contributed by atoms with van der Waals surface area (Å²) in [5.74, 6) is 0. The van der Waals surface area contributed by atoms with Gasteiger partial charge >= 0.3 is 0 Å². The number of nitrogens with zero attached hydrogens (tertiary/aromatic N) is 5. The first-order valence-electron chi connectivity index (χ1n) is 40.5. The Hall–Kier alpha value is -10.6. The van der Waals surface area contributed by atoms with Gasteiger partial charge in [0.2, 0.25) is 16.7 Å². The van der Waals surface area contributed by atoms with Gasteiger partial charge in [-0.1, -0.05) is 135 Å². The van der Waals surface area contributed by atoms with Crippen LogP contribution < -0.4 is 18.3 Å². The molecule has 0 saturated heterocycles. The highest BCUT2D eigenvalue weighted by atomic mass is 32.1. The van der Waals surface area contributed by atoms with Gasteiger partial charge in [0, 0.05) is 60.1 Å². The standard InChI is InChI=1S/C27H23N2.C24H24N.C21H18NO.C21H18NS/c1-17-13-24-27(28(3)16-17)26-18(2)25-20(14-19-9-7-8-12-22(19)25)15-23(26)29(24)21-10-5-4-6-11-21;1-14-10-20-23(25(5)13-14)22-15(2)21-17(12-19(22)24(20,3)4)11-16-8-6-7-9-18(16)21;2*1-12-8-18-21(22(3)11-12)20-13(2)19-15(10-17(20)23-18)9-14-6-4-5-7-16(14)19/h4-13,15-16H,14H2,1-3H3;6-10,12-13H,11H2,1-5H3;2*4-8,10-11H,9H2,1-3H3/q4*+1/i4*1D3. The lowest BCUT2D eigenvalue weighted by Crippen LogP contribution is -2.32. The molecule has 488 valence electrons. The summed E-state index contributed by atoms with van der Waals surface area (Å²) in [6, 6.07) is 61.0. The molecule has 0 bridgehead atoms. The van der Waals surface area contributed by atoms with Crippen LogP contribution in [0.25, 0.3) is 126 Å². The van der Waals surface area contributed by atoms with Crippen molar-refractivity contribution in [1.82, 2.24) is 4.57 Å². The highest BCUT2D eigenvalue weighted by molar-refractivity contribution is 7.25. The molecule has 0 N–H and O–H groups in total. The average molecular weight is 1330 g/mol. The Morgan fingerprint density at radius 2 is 0.840 bits per heavy atom. The van der Waals surface area contributed by atoms with Crippen LogP contribution in [0.2, 0.25) is 0 Å². The minimum absolute atomic E-state index is 0.224. The van der Waals surface area contributed by atoms with Gasteiger partial charge in [0.1, 0.15) is 44.0 Å². The molecule has 0 radical (unpaired) electrons. The van der Waals surface area contributed by atoms with Gasteiger partial charge < -0.3 is 8.98 Å². The second kappa shape index (κ2) is 22.7. The summed E-state index contributed by atoms with van der Waals surface area (Å²) in [7, 11) is 7.75. The number of fused-ring (bicyclic) bond motifs is 24. The number of thiophene rings is 1. The fourth-order valence-corrected chi connectivity index (χ4v) is 19.6. The lowest BCUT2D eigenvalue weighted by Gasteiger charge is -2.21.